The molecule has 6 nitrogen and oxygen atoms in total. The molecule has 0 aromatic heterocycles. The average molecular weight is 271 g/mol. The molecule has 7 heteroatoms. The highest BCUT2D eigenvalue weighted by Crippen LogP contribution is 2.22. The van der Waals surface area contributed by atoms with E-state index in [-0.39, 0.29) is 22.8 Å². The van der Waals surface area contributed by atoms with Gasteiger partial charge >= 0.3 is 5.97 Å². The van der Waals surface area contributed by atoms with E-state index in [2.05, 4.69) is 11.3 Å². The van der Waals surface area contributed by atoms with Gasteiger partial charge in [-0.1, -0.05) is 6.08 Å². The summed E-state index contributed by atoms with van der Waals surface area (Å²) in [6, 6.07) is 3.62. The molecule has 0 radical (unpaired) electrons. The van der Waals surface area contributed by atoms with Gasteiger partial charge in [0.25, 0.3) is 0 Å². The van der Waals surface area contributed by atoms with E-state index >= 15 is 0 Å². The number of carboxylic acids is 1. The normalized spacial score (nSPS) is 10.9. The van der Waals surface area contributed by atoms with E-state index < -0.39 is 16.0 Å². The van der Waals surface area contributed by atoms with Crippen molar-refractivity contribution in [3.63, 3.8) is 0 Å². The van der Waals surface area contributed by atoms with Crippen LogP contribution in [0.25, 0.3) is 0 Å². The number of carbonyl (C=O) groups is 1. The largest absolute Gasteiger partial charge is 0.496 e. The van der Waals surface area contributed by atoms with Crippen LogP contribution >= 0.6 is 0 Å². The molecule has 0 aliphatic carbocycles. The molecule has 0 amide bonds. The number of methoxy groups -OCH3 is 1. The standard InChI is InChI=1S/C11H13NO5S/c1-3-6-12-18(15,16)8-4-5-10(17-2)9(7-8)11(13)14/h3-5,7,12H,1,6H2,2H3,(H,13,14). The molecule has 1 rings (SSSR count). The van der Waals surface area contributed by atoms with Crippen LogP contribution < -0.4 is 9.46 Å². The topological polar surface area (TPSA) is 92.7 Å². The summed E-state index contributed by atoms with van der Waals surface area (Å²) in [6.45, 7) is 3.46. The van der Waals surface area contributed by atoms with Crippen molar-refractivity contribution in [2.45, 2.75) is 4.90 Å². The molecule has 0 bridgehead atoms. The lowest BCUT2D eigenvalue weighted by atomic mass is 10.2. The van der Waals surface area contributed by atoms with Crippen LogP contribution in [0.5, 0.6) is 5.75 Å². The monoisotopic (exact) mass is 271 g/mol. The Hall–Kier alpha value is -1.86. The van der Waals surface area contributed by atoms with Crippen molar-refractivity contribution in [3.05, 3.63) is 36.4 Å². The Morgan fingerprint density at radius 1 is 1.56 bits per heavy atom. The Bertz CT molecular complexity index is 565. The van der Waals surface area contributed by atoms with E-state index in [1.807, 2.05) is 0 Å². The summed E-state index contributed by atoms with van der Waals surface area (Å²) < 4.78 is 30.6. The van der Waals surface area contributed by atoms with Gasteiger partial charge in [0, 0.05) is 6.54 Å². The smallest absolute Gasteiger partial charge is 0.339 e. The molecule has 0 unspecified atom stereocenters. The van der Waals surface area contributed by atoms with E-state index in [1.165, 1.54) is 25.3 Å². The maximum absolute atomic E-state index is 11.8. The molecule has 0 aliphatic heterocycles. The molecule has 0 spiro atoms. The number of carboxylic acid groups (broad SMARTS) is 1. The van der Waals surface area contributed by atoms with E-state index in [4.69, 9.17) is 9.84 Å². The molecule has 18 heavy (non-hydrogen) atoms. The molecular formula is C11H13NO5S. The van der Waals surface area contributed by atoms with Gasteiger partial charge in [-0.05, 0) is 18.2 Å². The van der Waals surface area contributed by atoms with Gasteiger partial charge in [-0.2, -0.15) is 0 Å². The Balaban J connectivity index is 3.23. The lowest BCUT2D eigenvalue weighted by Gasteiger charge is -2.08. The zero-order valence-corrected chi connectivity index (χ0v) is 10.5. The van der Waals surface area contributed by atoms with Crippen LogP contribution in [0.2, 0.25) is 0 Å². The SMILES string of the molecule is C=CCNS(=O)(=O)c1ccc(OC)c(C(=O)O)c1. The molecule has 1 aromatic carbocycles. The van der Waals surface area contributed by atoms with Crippen LogP contribution in [0, 0.1) is 0 Å². The summed E-state index contributed by atoms with van der Waals surface area (Å²) in [6.07, 6.45) is 1.39. The molecule has 2 N–H and O–H groups in total. The maximum Gasteiger partial charge on any atom is 0.339 e. The first kappa shape index (κ1) is 14.2. The van der Waals surface area contributed by atoms with E-state index in [0.29, 0.717) is 0 Å². The third-order valence-corrected chi connectivity index (χ3v) is 3.55. The van der Waals surface area contributed by atoms with Crippen LogP contribution in [0.3, 0.4) is 0 Å². The van der Waals surface area contributed by atoms with Gasteiger partial charge < -0.3 is 9.84 Å². The van der Waals surface area contributed by atoms with Gasteiger partial charge in [-0.25, -0.2) is 17.9 Å². The van der Waals surface area contributed by atoms with Crippen molar-refractivity contribution in [2.24, 2.45) is 0 Å². The molecule has 0 atom stereocenters. The number of rotatable bonds is 6. The Morgan fingerprint density at radius 2 is 2.22 bits per heavy atom. The van der Waals surface area contributed by atoms with Crippen molar-refractivity contribution >= 4 is 16.0 Å². The average Bonchev–Trinajstić information content (AvgIpc) is 2.35. The zero-order valence-electron chi connectivity index (χ0n) is 9.71. The molecule has 0 aliphatic rings. The first-order valence-corrected chi connectivity index (χ1v) is 6.42. The summed E-state index contributed by atoms with van der Waals surface area (Å²) >= 11 is 0. The molecular weight excluding hydrogens is 258 g/mol. The van der Waals surface area contributed by atoms with Crippen molar-refractivity contribution in [1.29, 1.82) is 0 Å². The van der Waals surface area contributed by atoms with Gasteiger partial charge in [0.1, 0.15) is 11.3 Å². The van der Waals surface area contributed by atoms with Gasteiger partial charge in [-0.3, -0.25) is 0 Å². The first-order valence-electron chi connectivity index (χ1n) is 4.94. The lowest BCUT2D eigenvalue weighted by molar-refractivity contribution is 0.0693. The summed E-state index contributed by atoms with van der Waals surface area (Å²) in [5.41, 5.74) is -0.209. The molecule has 0 saturated carbocycles. The van der Waals surface area contributed by atoms with E-state index in [0.717, 1.165) is 6.07 Å². The third-order valence-electron chi connectivity index (χ3n) is 2.13. The second-order valence-corrected chi connectivity index (χ2v) is 5.07. The van der Waals surface area contributed by atoms with Gasteiger partial charge in [-0.15, -0.1) is 6.58 Å². The fourth-order valence-electron chi connectivity index (χ4n) is 1.27. The predicted molar refractivity (Wildman–Crippen MR) is 65.3 cm³/mol. The minimum Gasteiger partial charge on any atom is -0.496 e. The highest BCUT2D eigenvalue weighted by atomic mass is 32.2. The van der Waals surface area contributed by atoms with Crippen LogP contribution in [0.15, 0.2) is 35.7 Å². The fourth-order valence-corrected chi connectivity index (χ4v) is 2.30. The number of benzene rings is 1. The van der Waals surface area contributed by atoms with Crippen molar-refractivity contribution < 1.29 is 23.1 Å². The van der Waals surface area contributed by atoms with E-state index in [1.54, 1.807) is 0 Å². The summed E-state index contributed by atoms with van der Waals surface area (Å²) in [4.78, 5) is 10.8. The Labute approximate surface area is 105 Å². The highest BCUT2D eigenvalue weighted by molar-refractivity contribution is 7.89. The summed E-state index contributed by atoms with van der Waals surface area (Å²) in [7, 11) is -2.43. The Kier molecular flexibility index (Phi) is 4.46. The number of aromatic carboxylic acids is 1. The molecule has 0 fully saturated rings. The summed E-state index contributed by atoms with van der Waals surface area (Å²) in [5, 5.41) is 8.95. The fraction of sp³-hybridized carbons (Fsp3) is 0.182. The highest BCUT2D eigenvalue weighted by Gasteiger charge is 2.18. The second-order valence-electron chi connectivity index (χ2n) is 3.31. The minimum atomic E-state index is -3.74. The molecule has 0 heterocycles. The molecule has 98 valence electrons. The third kappa shape index (κ3) is 3.08. The second kappa shape index (κ2) is 5.65. The van der Waals surface area contributed by atoms with Crippen molar-refractivity contribution in [1.82, 2.24) is 4.72 Å². The van der Waals surface area contributed by atoms with Crippen LogP contribution in [0.1, 0.15) is 10.4 Å². The number of ether oxygens (including phenoxy) is 1. The Morgan fingerprint density at radius 3 is 2.72 bits per heavy atom. The van der Waals surface area contributed by atoms with E-state index in [9.17, 15) is 13.2 Å². The van der Waals surface area contributed by atoms with Gasteiger partial charge in [0.2, 0.25) is 10.0 Å². The van der Waals surface area contributed by atoms with Gasteiger partial charge in [0.05, 0.1) is 12.0 Å². The van der Waals surface area contributed by atoms with Crippen molar-refractivity contribution in [2.75, 3.05) is 13.7 Å². The number of hydrogen-bond donors (Lipinski definition) is 2. The van der Waals surface area contributed by atoms with Crippen molar-refractivity contribution in [3.8, 4) is 5.75 Å². The van der Waals surface area contributed by atoms with Crippen LogP contribution in [0.4, 0.5) is 0 Å². The molecule has 0 saturated heterocycles. The first-order chi connectivity index (χ1) is 8.42. The van der Waals surface area contributed by atoms with Crippen LogP contribution in [-0.4, -0.2) is 33.1 Å². The summed E-state index contributed by atoms with van der Waals surface area (Å²) in [5.74, 6) is -1.15. The number of sulfonamides is 1. The molecule has 1 aromatic rings. The zero-order chi connectivity index (χ0) is 13.8. The van der Waals surface area contributed by atoms with Crippen LogP contribution in [-0.2, 0) is 10.0 Å². The predicted octanol–water partition coefficient (Wildman–Crippen LogP) is 0.858. The minimum absolute atomic E-state index is 0.0662. The van der Waals surface area contributed by atoms with Gasteiger partial charge in [0.15, 0.2) is 0 Å². The number of nitrogens with one attached hydrogen (secondary N) is 1. The maximum atomic E-state index is 11.8. The lowest BCUT2D eigenvalue weighted by Crippen LogP contribution is -2.24. The number of hydrogen-bond acceptors (Lipinski definition) is 4. The quantitative estimate of drug-likeness (QED) is 0.748.